The third kappa shape index (κ3) is 3.15. The van der Waals surface area contributed by atoms with Crippen molar-refractivity contribution in [3.05, 3.63) is 32.9 Å². The van der Waals surface area contributed by atoms with Crippen LogP contribution in [0.5, 0.6) is 5.88 Å². The van der Waals surface area contributed by atoms with Crippen LogP contribution in [0.3, 0.4) is 0 Å². The highest BCUT2D eigenvalue weighted by Crippen LogP contribution is 2.45. The molecule has 11 heteroatoms. The number of hydrogen-bond acceptors (Lipinski definition) is 5. The summed E-state index contributed by atoms with van der Waals surface area (Å²) >= 11 is 3.72. The van der Waals surface area contributed by atoms with Crippen LogP contribution in [0.1, 0.15) is 28.7 Å². The third-order valence-corrected chi connectivity index (χ3v) is 8.18. The van der Waals surface area contributed by atoms with Gasteiger partial charge in [0.25, 0.3) is 0 Å². The van der Waals surface area contributed by atoms with E-state index in [9.17, 15) is 9.00 Å². The van der Waals surface area contributed by atoms with Gasteiger partial charge in [-0.15, -0.1) is 4.36 Å². The van der Waals surface area contributed by atoms with Crippen molar-refractivity contribution in [2.75, 3.05) is 19.0 Å². The Bertz CT molecular complexity index is 1180. The predicted molar refractivity (Wildman–Crippen MR) is 114 cm³/mol. The number of carbonyl (C=O) groups is 1. The summed E-state index contributed by atoms with van der Waals surface area (Å²) < 4.78 is 30.5. The number of carbonyl (C=O) groups excluding carboxylic acids is 1. The van der Waals surface area contributed by atoms with Crippen molar-refractivity contribution in [1.82, 2.24) is 9.78 Å². The van der Waals surface area contributed by atoms with Gasteiger partial charge in [-0.2, -0.15) is 5.10 Å². The van der Waals surface area contributed by atoms with Crippen molar-refractivity contribution >= 4 is 37.6 Å². The van der Waals surface area contributed by atoms with E-state index < -0.39 is 15.9 Å². The molecule has 1 aromatic heterocycles. The molecule has 3 aliphatic rings. The largest absolute Gasteiger partial charge is 0.469 e. The second-order valence-corrected chi connectivity index (χ2v) is 10.3. The molecule has 1 unspecified atom stereocenters. The molecular weight excluding hydrogens is 474 g/mol. The standard InChI is InChI=1S/C19H22BrN5O4S/c1-28-9-10-8-25-18(29-10)15(7-22-25)30(21,27)24-19(26)23-17-13-4-2-3-11(13)16(20)12-5-6-14(12)17/h7,10H,2-6,8-9H2,1H3,(H3,21,23,24,26,27)/t10-,30?/m1/s1. The Morgan fingerprint density at radius 2 is 2.07 bits per heavy atom. The highest BCUT2D eigenvalue weighted by atomic mass is 79.9. The van der Waals surface area contributed by atoms with E-state index >= 15 is 0 Å². The first-order valence-electron chi connectivity index (χ1n) is 9.81. The molecule has 0 radical (unpaired) electrons. The fourth-order valence-corrected chi connectivity index (χ4v) is 6.31. The fraction of sp³-hybridized carbons (Fsp3) is 0.474. The Kier molecular flexibility index (Phi) is 4.88. The molecular formula is C19H22BrN5O4S. The zero-order chi connectivity index (χ0) is 21.0. The van der Waals surface area contributed by atoms with E-state index in [0.29, 0.717) is 13.2 Å². The number of halogens is 1. The number of amides is 2. The number of hydrogen-bond donors (Lipinski definition) is 2. The van der Waals surface area contributed by atoms with Gasteiger partial charge in [-0.3, -0.25) is 0 Å². The number of nitrogens with two attached hydrogens (primary N) is 1. The molecule has 5 rings (SSSR count). The van der Waals surface area contributed by atoms with Gasteiger partial charge in [0.1, 0.15) is 11.0 Å². The van der Waals surface area contributed by atoms with Gasteiger partial charge in [0.05, 0.1) is 19.3 Å². The summed E-state index contributed by atoms with van der Waals surface area (Å²) in [5.74, 6) is 0.273. The Balaban J connectivity index is 1.44. The minimum atomic E-state index is -3.52. The molecule has 30 heavy (non-hydrogen) atoms. The normalized spacial score (nSPS) is 20.4. The third-order valence-electron chi connectivity index (χ3n) is 5.87. The van der Waals surface area contributed by atoms with Crippen molar-refractivity contribution in [2.24, 2.45) is 9.50 Å². The minimum Gasteiger partial charge on any atom is -0.469 e. The van der Waals surface area contributed by atoms with Gasteiger partial charge in [-0.05, 0) is 54.4 Å². The van der Waals surface area contributed by atoms with Crippen LogP contribution in [-0.2, 0) is 46.9 Å². The van der Waals surface area contributed by atoms with Crippen molar-refractivity contribution in [3.8, 4) is 5.88 Å². The number of anilines is 1. The van der Waals surface area contributed by atoms with Gasteiger partial charge >= 0.3 is 6.03 Å². The topological polar surface area (TPSA) is 121 Å². The summed E-state index contributed by atoms with van der Waals surface area (Å²) in [6.45, 7) is 0.827. The fourth-order valence-electron chi connectivity index (χ4n) is 4.44. The minimum absolute atomic E-state index is 0.116. The molecule has 0 spiro atoms. The molecule has 2 heterocycles. The van der Waals surface area contributed by atoms with Crippen LogP contribution < -0.4 is 15.2 Å². The number of urea groups is 1. The molecule has 2 amide bonds. The number of nitrogens with zero attached hydrogens (tertiary/aromatic N) is 3. The molecule has 1 aliphatic heterocycles. The maximum atomic E-state index is 13.1. The molecule has 0 saturated carbocycles. The first-order chi connectivity index (χ1) is 14.4. The smallest absolute Gasteiger partial charge is 0.354 e. The lowest BCUT2D eigenvalue weighted by Crippen LogP contribution is -2.23. The molecule has 9 nitrogen and oxygen atoms in total. The lowest BCUT2D eigenvalue weighted by molar-refractivity contribution is 0.0920. The molecule has 1 aromatic carbocycles. The van der Waals surface area contributed by atoms with Crippen LogP contribution in [0.2, 0.25) is 0 Å². The van der Waals surface area contributed by atoms with Gasteiger partial charge in [-0.1, -0.05) is 15.9 Å². The quantitative estimate of drug-likeness (QED) is 0.674. The van der Waals surface area contributed by atoms with Gasteiger partial charge in [-0.25, -0.2) is 18.8 Å². The Hall–Kier alpha value is -1.95. The number of fused-ring (bicyclic) bond motifs is 3. The maximum Gasteiger partial charge on any atom is 0.354 e. The van der Waals surface area contributed by atoms with Crippen LogP contribution in [0.15, 0.2) is 19.9 Å². The molecule has 2 aromatic rings. The average molecular weight is 496 g/mol. The molecule has 2 atom stereocenters. The molecule has 3 N–H and O–H groups in total. The second-order valence-electron chi connectivity index (χ2n) is 7.74. The molecule has 0 bridgehead atoms. The zero-order valence-electron chi connectivity index (χ0n) is 16.4. The first kappa shape index (κ1) is 20.0. The van der Waals surface area contributed by atoms with Crippen LogP contribution in [0.4, 0.5) is 10.5 Å². The van der Waals surface area contributed by atoms with E-state index in [4.69, 9.17) is 14.6 Å². The zero-order valence-corrected chi connectivity index (χ0v) is 18.8. The molecule has 160 valence electrons. The van der Waals surface area contributed by atoms with E-state index in [0.717, 1.165) is 48.9 Å². The monoisotopic (exact) mass is 495 g/mol. The Morgan fingerprint density at radius 1 is 1.37 bits per heavy atom. The second kappa shape index (κ2) is 7.33. The van der Waals surface area contributed by atoms with E-state index in [1.165, 1.54) is 21.8 Å². The molecule has 0 fully saturated rings. The SMILES string of the molecule is COC[C@H]1Cn2ncc(S(N)(=O)=NC(=O)Nc3c4c(c(Br)c5c3CC5)CCC4)c2O1. The Morgan fingerprint density at radius 3 is 2.80 bits per heavy atom. The summed E-state index contributed by atoms with van der Waals surface area (Å²) in [4.78, 5) is 12.8. The Labute approximate surface area is 182 Å². The van der Waals surface area contributed by atoms with Crippen molar-refractivity contribution in [3.63, 3.8) is 0 Å². The summed E-state index contributed by atoms with van der Waals surface area (Å²) in [5, 5.41) is 13.0. The van der Waals surface area contributed by atoms with Gasteiger partial charge in [0, 0.05) is 17.3 Å². The number of ether oxygens (including phenoxy) is 2. The molecule has 2 aliphatic carbocycles. The van der Waals surface area contributed by atoms with Crippen LogP contribution in [0, 0.1) is 0 Å². The number of aromatic nitrogens is 2. The highest BCUT2D eigenvalue weighted by Gasteiger charge is 2.32. The number of nitrogens with one attached hydrogen (secondary N) is 1. The summed E-state index contributed by atoms with van der Waals surface area (Å²) in [7, 11) is -1.95. The summed E-state index contributed by atoms with van der Waals surface area (Å²) in [6.07, 6.45) is 5.93. The highest BCUT2D eigenvalue weighted by molar-refractivity contribution is 9.10. The van der Waals surface area contributed by atoms with Gasteiger partial charge in [0.15, 0.2) is 9.92 Å². The van der Waals surface area contributed by atoms with E-state index in [1.807, 2.05) is 0 Å². The van der Waals surface area contributed by atoms with Gasteiger partial charge in [0.2, 0.25) is 5.88 Å². The van der Waals surface area contributed by atoms with E-state index in [-0.39, 0.29) is 16.9 Å². The average Bonchev–Trinajstić information content (AvgIpc) is 3.34. The number of benzene rings is 1. The molecule has 0 saturated heterocycles. The lowest BCUT2D eigenvalue weighted by atomic mass is 9.83. The van der Waals surface area contributed by atoms with Crippen LogP contribution in [0.25, 0.3) is 0 Å². The number of methoxy groups -OCH3 is 1. The van der Waals surface area contributed by atoms with Crippen LogP contribution >= 0.6 is 15.9 Å². The van der Waals surface area contributed by atoms with Gasteiger partial charge < -0.3 is 14.8 Å². The first-order valence-corrected chi connectivity index (χ1v) is 12.2. The summed E-state index contributed by atoms with van der Waals surface area (Å²) in [5.41, 5.74) is 5.58. The van der Waals surface area contributed by atoms with Crippen LogP contribution in [-0.4, -0.2) is 39.8 Å². The predicted octanol–water partition coefficient (Wildman–Crippen LogP) is 2.57. The summed E-state index contributed by atoms with van der Waals surface area (Å²) in [6, 6.07) is -0.723. The van der Waals surface area contributed by atoms with Crippen molar-refractivity contribution < 1.29 is 18.5 Å². The van der Waals surface area contributed by atoms with E-state index in [1.54, 1.807) is 11.8 Å². The lowest BCUT2D eigenvalue weighted by Gasteiger charge is -2.27. The maximum absolute atomic E-state index is 13.1. The van der Waals surface area contributed by atoms with Crippen molar-refractivity contribution in [2.45, 2.75) is 49.6 Å². The number of rotatable bonds is 4. The van der Waals surface area contributed by atoms with Crippen molar-refractivity contribution in [1.29, 1.82) is 0 Å². The van der Waals surface area contributed by atoms with E-state index in [2.05, 4.69) is 30.7 Å².